The summed E-state index contributed by atoms with van der Waals surface area (Å²) in [5, 5.41) is 2.71. The number of halogens is 2. The number of nitrogens with one attached hydrogen (secondary N) is 1. The van der Waals surface area contributed by atoms with Crippen LogP contribution in [-0.2, 0) is 0 Å². The Morgan fingerprint density at radius 2 is 2.24 bits per heavy atom. The van der Waals surface area contributed by atoms with Crippen LogP contribution in [0.1, 0.15) is 5.56 Å². The molecular formula is C12H8BrClN2S. The smallest absolute Gasteiger partial charge is 0.150 e. The molecule has 0 atom stereocenters. The van der Waals surface area contributed by atoms with Gasteiger partial charge in [-0.2, -0.15) is 0 Å². The van der Waals surface area contributed by atoms with Crippen LogP contribution in [0.15, 0.2) is 28.1 Å². The molecule has 0 radical (unpaired) electrons. The zero-order chi connectivity index (χ0) is 12.0. The van der Waals surface area contributed by atoms with Gasteiger partial charge in [0.2, 0.25) is 0 Å². The highest BCUT2D eigenvalue weighted by atomic mass is 79.9. The Kier molecular flexibility index (Phi) is 2.73. The minimum atomic E-state index is 0.741. The number of aryl methyl sites for hydroxylation is 1. The third-order valence-corrected chi connectivity index (χ3v) is 4.38. The average molecular weight is 328 g/mol. The average Bonchev–Trinajstić information content (AvgIpc) is 2.83. The predicted octanol–water partition coefficient (Wildman–Crippen LogP) is 5.02. The Balaban J connectivity index is 2.27. The minimum Gasteiger partial charge on any atom is -0.337 e. The number of fused-ring (bicyclic) bond motifs is 1. The lowest BCUT2D eigenvalue weighted by molar-refractivity contribution is 1.35. The number of thiophene rings is 1. The van der Waals surface area contributed by atoms with Crippen molar-refractivity contribution in [3.8, 4) is 10.7 Å². The molecule has 0 aliphatic heterocycles. The van der Waals surface area contributed by atoms with E-state index in [1.165, 1.54) is 0 Å². The van der Waals surface area contributed by atoms with E-state index in [1.54, 1.807) is 11.3 Å². The van der Waals surface area contributed by atoms with Crippen LogP contribution in [0.4, 0.5) is 0 Å². The Bertz CT molecular complexity index is 702. The van der Waals surface area contributed by atoms with Gasteiger partial charge in [-0.15, -0.1) is 11.3 Å². The molecule has 3 rings (SSSR count). The maximum atomic E-state index is 6.11. The first-order chi connectivity index (χ1) is 8.15. The molecule has 0 spiro atoms. The van der Waals surface area contributed by atoms with E-state index in [-0.39, 0.29) is 0 Å². The third-order valence-electron chi connectivity index (χ3n) is 2.57. The molecule has 86 valence electrons. The number of aromatic nitrogens is 2. The van der Waals surface area contributed by atoms with Crippen LogP contribution in [0.25, 0.3) is 21.7 Å². The van der Waals surface area contributed by atoms with Crippen molar-refractivity contribution in [2.45, 2.75) is 6.92 Å². The SMILES string of the molecule is Cc1cc(Br)cc2[nH]c(-c3sccc3Cl)nc12. The molecule has 0 fully saturated rings. The third kappa shape index (κ3) is 1.90. The number of H-pyrrole nitrogens is 1. The number of aromatic amines is 1. The summed E-state index contributed by atoms with van der Waals surface area (Å²) in [6.07, 6.45) is 0. The van der Waals surface area contributed by atoms with Crippen molar-refractivity contribution in [2.24, 2.45) is 0 Å². The van der Waals surface area contributed by atoms with E-state index in [4.69, 9.17) is 11.6 Å². The predicted molar refractivity (Wildman–Crippen MR) is 76.9 cm³/mol. The zero-order valence-electron chi connectivity index (χ0n) is 8.92. The number of hydrogen-bond acceptors (Lipinski definition) is 2. The fraction of sp³-hybridized carbons (Fsp3) is 0.0833. The van der Waals surface area contributed by atoms with Crippen LogP contribution in [0.3, 0.4) is 0 Å². The molecule has 0 unspecified atom stereocenters. The lowest BCUT2D eigenvalue weighted by Gasteiger charge is -1.94. The normalized spacial score (nSPS) is 11.2. The first-order valence-electron chi connectivity index (χ1n) is 5.04. The van der Waals surface area contributed by atoms with Crippen LogP contribution in [0, 0.1) is 6.92 Å². The molecule has 2 aromatic heterocycles. The summed E-state index contributed by atoms with van der Waals surface area (Å²) in [6.45, 7) is 2.05. The number of nitrogens with zero attached hydrogens (tertiary/aromatic N) is 1. The number of imidazole rings is 1. The van der Waals surface area contributed by atoms with Gasteiger partial charge >= 0.3 is 0 Å². The van der Waals surface area contributed by atoms with E-state index in [0.29, 0.717) is 0 Å². The standard InChI is InChI=1S/C12H8BrClN2S/c1-6-4-7(13)5-9-10(6)16-12(15-9)11-8(14)2-3-17-11/h2-5H,1H3,(H,15,16). The quantitative estimate of drug-likeness (QED) is 0.668. The van der Waals surface area contributed by atoms with Crippen LogP contribution < -0.4 is 0 Å². The van der Waals surface area contributed by atoms with Crippen LogP contribution in [0.5, 0.6) is 0 Å². The molecule has 0 bridgehead atoms. The fourth-order valence-corrected chi connectivity index (χ4v) is 3.48. The van der Waals surface area contributed by atoms with Gasteiger partial charge in [-0.05, 0) is 36.1 Å². The summed E-state index contributed by atoms with van der Waals surface area (Å²) in [5.74, 6) is 0.834. The van der Waals surface area contributed by atoms with Crippen molar-refractivity contribution in [1.29, 1.82) is 0 Å². The summed E-state index contributed by atoms with van der Waals surface area (Å²) in [5.41, 5.74) is 3.16. The van der Waals surface area contributed by atoms with Gasteiger partial charge in [-0.1, -0.05) is 27.5 Å². The lowest BCUT2D eigenvalue weighted by Crippen LogP contribution is -1.77. The molecule has 0 saturated carbocycles. The highest BCUT2D eigenvalue weighted by Crippen LogP contribution is 2.33. The Labute approximate surface area is 116 Å². The van der Waals surface area contributed by atoms with Gasteiger partial charge in [-0.25, -0.2) is 4.98 Å². The molecule has 2 nitrogen and oxygen atoms in total. The van der Waals surface area contributed by atoms with Gasteiger partial charge in [-0.3, -0.25) is 0 Å². The van der Waals surface area contributed by atoms with Gasteiger partial charge in [0, 0.05) is 4.47 Å². The van der Waals surface area contributed by atoms with E-state index in [0.717, 1.165) is 36.8 Å². The first-order valence-corrected chi connectivity index (χ1v) is 7.09. The second-order valence-corrected chi connectivity index (χ2v) is 6.04. The topological polar surface area (TPSA) is 28.7 Å². The fourth-order valence-electron chi connectivity index (χ4n) is 1.82. The number of hydrogen-bond donors (Lipinski definition) is 1. The molecule has 1 N–H and O–H groups in total. The summed E-state index contributed by atoms with van der Waals surface area (Å²) in [4.78, 5) is 8.90. The summed E-state index contributed by atoms with van der Waals surface area (Å²) in [7, 11) is 0. The second kappa shape index (κ2) is 4.12. The van der Waals surface area contributed by atoms with E-state index < -0.39 is 0 Å². The molecule has 0 aliphatic rings. The van der Waals surface area contributed by atoms with Crippen molar-refractivity contribution in [3.05, 3.63) is 38.6 Å². The molecule has 0 saturated heterocycles. The van der Waals surface area contributed by atoms with Gasteiger partial charge in [0.05, 0.1) is 20.9 Å². The Morgan fingerprint density at radius 1 is 1.41 bits per heavy atom. The Hall–Kier alpha value is -0.840. The Morgan fingerprint density at radius 3 is 2.94 bits per heavy atom. The number of benzene rings is 1. The summed E-state index contributed by atoms with van der Waals surface area (Å²) in [6, 6.07) is 5.97. The van der Waals surface area contributed by atoms with E-state index in [2.05, 4.69) is 32.0 Å². The summed E-state index contributed by atoms with van der Waals surface area (Å²) >= 11 is 11.2. The van der Waals surface area contributed by atoms with Gasteiger partial charge in [0.15, 0.2) is 0 Å². The monoisotopic (exact) mass is 326 g/mol. The molecular weight excluding hydrogens is 320 g/mol. The van der Waals surface area contributed by atoms with Gasteiger partial charge < -0.3 is 4.98 Å². The van der Waals surface area contributed by atoms with Crippen molar-refractivity contribution in [1.82, 2.24) is 9.97 Å². The minimum absolute atomic E-state index is 0.741. The van der Waals surface area contributed by atoms with Gasteiger partial charge in [0.1, 0.15) is 5.82 Å². The largest absolute Gasteiger partial charge is 0.337 e. The maximum absolute atomic E-state index is 6.11. The molecule has 5 heteroatoms. The van der Waals surface area contributed by atoms with Gasteiger partial charge in [0.25, 0.3) is 0 Å². The van der Waals surface area contributed by atoms with Crippen LogP contribution in [-0.4, -0.2) is 9.97 Å². The van der Waals surface area contributed by atoms with Crippen molar-refractivity contribution < 1.29 is 0 Å². The lowest BCUT2D eigenvalue weighted by atomic mass is 10.2. The molecule has 3 aromatic rings. The van der Waals surface area contributed by atoms with Crippen molar-refractivity contribution >= 4 is 49.9 Å². The van der Waals surface area contributed by atoms with Crippen molar-refractivity contribution in [2.75, 3.05) is 0 Å². The molecule has 1 aromatic carbocycles. The highest BCUT2D eigenvalue weighted by Gasteiger charge is 2.11. The zero-order valence-corrected chi connectivity index (χ0v) is 12.1. The van der Waals surface area contributed by atoms with E-state index >= 15 is 0 Å². The highest BCUT2D eigenvalue weighted by molar-refractivity contribution is 9.10. The maximum Gasteiger partial charge on any atom is 0.150 e. The second-order valence-electron chi connectivity index (χ2n) is 3.80. The first kappa shape index (κ1) is 11.3. The summed E-state index contributed by atoms with van der Waals surface area (Å²) < 4.78 is 1.05. The van der Waals surface area contributed by atoms with Crippen molar-refractivity contribution in [3.63, 3.8) is 0 Å². The molecule has 2 heterocycles. The van der Waals surface area contributed by atoms with E-state index in [9.17, 15) is 0 Å². The number of rotatable bonds is 1. The molecule has 17 heavy (non-hydrogen) atoms. The van der Waals surface area contributed by atoms with E-state index in [1.807, 2.05) is 24.4 Å². The van der Waals surface area contributed by atoms with Crippen LogP contribution >= 0.6 is 38.9 Å². The molecule has 0 aliphatic carbocycles. The molecule has 0 amide bonds. The van der Waals surface area contributed by atoms with Crippen LogP contribution in [0.2, 0.25) is 5.02 Å².